The van der Waals surface area contributed by atoms with Crippen LogP contribution in [0.25, 0.3) is 16.9 Å². The Balaban J connectivity index is 1.58. The van der Waals surface area contributed by atoms with E-state index in [4.69, 9.17) is 0 Å². The Kier molecular flexibility index (Phi) is 3.85. The van der Waals surface area contributed by atoms with Gasteiger partial charge in [-0.2, -0.15) is 4.68 Å². The van der Waals surface area contributed by atoms with E-state index in [0.717, 1.165) is 6.07 Å². The van der Waals surface area contributed by atoms with Gasteiger partial charge in [0.25, 0.3) is 5.91 Å². The lowest BCUT2D eigenvalue weighted by atomic mass is 10.2. The highest BCUT2D eigenvalue weighted by atomic mass is 19.1. The standard InChI is InChI=1S/C18H11F2N5O/c19-12-5-8-15(14(20)10-12)22-18(26)11-3-6-13(7-4-11)25-17-16(23-24-25)2-1-9-21-17/h1-10H,(H,22,26). The highest BCUT2D eigenvalue weighted by molar-refractivity contribution is 6.04. The van der Waals surface area contributed by atoms with Crippen molar-refractivity contribution in [1.29, 1.82) is 0 Å². The van der Waals surface area contributed by atoms with Crippen LogP contribution < -0.4 is 5.32 Å². The Labute approximate surface area is 146 Å². The molecule has 8 heteroatoms. The maximum absolute atomic E-state index is 13.6. The zero-order chi connectivity index (χ0) is 18.1. The molecule has 2 aromatic carbocycles. The van der Waals surface area contributed by atoms with Crippen LogP contribution in [0.4, 0.5) is 14.5 Å². The summed E-state index contributed by atoms with van der Waals surface area (Å²) in [7, 11) is 0. The third kappa shape index (κ3) is 2.88. The second-order valence-electron chi connectivity index (χ2n) is 5.47. The molecule has 1 N–H and O–H groups in total. The first-order valence-corrected chi connectivity index (χ1v) is 7.65. The van der Waals surface area contributed by atoms with Crippen molar-refractivity contribution in [3.05, 3.63) is 78.0 Å². The number of nitrogens with zero attached hydrogens (tertiary/aromatic N) is 4. The predicted molar refractivity (Wildman–Crippen MR) is 91.0 cm³/mol. The second-order valence-corrected chi connectivity index (χ2v) is 5.47. The molecule has 4 aromatic rings. The average molecular weight is 351 g/mol. The maximum atomic E-state index is 13.6. The molecular formula is C18H11F2N5O. The van der Waals surface area contributed by atoms with Crippen LogP contribution >= 0.6 is 0 Å². The minimum atomic E-state index is -0.838. The third-order valence-electron chi connectivity index (χ3n) is 3.76. The summed E-state index contributed by atoms with van der Waals surface area (Å²) in [6.07, 6.45) is 1.64. The van der Waals surface area contributed by atoms with Gasteiger partial charge < -0.3 is 5.32 Å². The zero-order valence-corrected chi connectivity index (χ0v) is 13.2. The van der Waals surface area contributed by atoms with Crippen LogP contribution in [0.15, 0.2) is 60.8 Å². The van der Waals surface area contributed by atoms with Crippen molar-refractivity contribution in [1.82, 2.24) is 20.0 Å². The van der Waals surface area contributed by atoms with Crippen molar-refractivity contribution < 1.29 is 13.6 Å². The van der Waals surface area contributed by atoms with Gasteiger partial charge in [-0.15, -0.1) is 5.10 Å². The van der Waals surface area contributed by atoms with Crippen LogP contribution in [-0.4, -0.2) is 25.9 Å². The largest absolute Gasteiger partial charge is 0.319 e. The number of benzene rings is 2. The Morgan fingerprint density at radius 3 is 2.62 bits per heavy atom. The normalized spacial score (nSPS) is 10.8. The van der Waals surface area contributed by atoms with Gasteiger partial charge in [0.05, 0.1) is 11.4 Å². The van der Waals surface area contributed by atoms with Gasteiger partial charge in [-0.1, -0.05) is 5.21 Å². The molecule has 128 valence electrons. The summed E-state index contributed by atoms with van der Waals surface area (Å²) in [6, 6.07) is 13.0. The molecule has 0 saturated heterocycles. The van der Waals surface area contributed by atoms with Crippen LogP contribution in [-0.2, 0) is 0 Å². The number of fused-ring (bicyclic) bond motifs is 1. The van der Waals surface area contributed by atoms with Gasteiger partial charge in [-0.25, -0.2) is 13.8 Å². The summed E-state index contributed by atoms with van der Waals surface area (Å²) < 4.78 is 28.1. The smallest absolute Gasteiger partial charge is 0.255 e. The van der Waals surface area contributed by atoms with Crippen LogP contribution in [0.5, 0.6) is 0 Å². The van der Waals surface area contributed by atoms with E-state index in [1.54, 1.807) is 47.3 Å². The summed E-state index contributed by atoms with van der Waals surface area (Å²) in [5.41, 5.74) is 2.15. The number of hydrogen-bond acceptors (Lipinski definition) is 4. The average Bonchev–Trinajstić information content (AvgIpc) is 3.08. The molecule has 0 radical (unpaired) electrons. The summed E-state index contributed by atoms with van der Waals surface area (Å²) in [5.74, 6) is -2.06. The van der Waals surface area contributed by atoms with Gasteiger partial charge in [0.1, 0.15) is 17.2 Å². The number of amides is 1. The van der Waals surface area contributed by atoms with Crippen molar-refractivity contribution in [2.24, 2.45) is 0 Å². The number of halogens is 2. The molecule has 0 aliphatic heterocycles. The van der Waals surface area contributed by atoms with E-state index in [2.05, 4.69) is 20.6 Å². The van der Waals surface area contributed by atoms with Crippen molar-refractivity contribution in [3.8, 4) is 5.69 Å². The summed E-state index contributed by atoms with van der Waals surface area (Å²) >= 11 is 0. The van der Waals surface area contributed by atoms with Crippen molar-refractivity contribution in [3.63, 3.8) is 0 Å². The minimum absolute atomic E-state index is 0.0908. The number of anilines is 1. The first-order valence-electron chi connectivity index (χ1n) is 7.65. The van der Waals surface area contributed by atoms with Gasteiger partial charge in [0.2, 0.25) is 0 Å². The van der Waals surface area contributed by atoms with E-state index >= 15 is 0 Å². The summed E-state index contributed by atoms with van der Waals surface area (Å²) in [5, 5.41) is 10.5. The molecule has 0 atom stereocenters. The number of pyridine rings is 1. The Bertz CT molecular complexity index is 1110. The van der Waals surface area contributed by atoms with E-state index in [-0.39, 0.29) is 5.69 Å². The van der Waals surface area contributed by atoms with E-state index in [1.165, 1.54) is 6.07 Å². The molecule has 4 rings (SSSR count). The summed E-state index contributed by atoms with van der Waals surface area (Å²) in [4.78, 5) is 16.5. The summed E-state index contributed by atoms with van der Waals surface area (Å²) in [6.45, 7) is 0. The third-order valence-corrected chi connectivity index (χ3v) is 3.76. The van der Waals surface area contributed by atoms with Gasteiger partial charge in [-0.05, 0) is 48.5 Å². The quantitative estimate of drug-likeness (QED) is 0.614. The number of rotatable bonds is 3. The van der Waals surface area contributed by atoms with Crippen LogP contribution in [0.1, 0.15) is 10.4 Å². The molecular weight excluding hydrogens is 340 g/mol. The molecule has 0 unspecified atom stereocenters. The predicted octanol–water partition coefficient (Wildman–Crippen LogP) is 3.35. The first kappa shape index (κ1) is 15.8. The SMILES string of the molecule is O=C(Nc1ccc(F)cc1F)c1ccc(-n2nnc3cccnc32)cc1. The molecule has 2 heterocycles. The van der Waals surface area contributed by atoms with Crippen molar-refractivity contribution >= 4 is 22.8 Å². The molecule has 26 heavy (non-hydrogen) atoms. The number of nitrogens with one attached hydrogen (secondary N) is 1. The fourth-order valence-corrected chi connectivity index (χ4v) is 2.48. The zero-order valence-electron chi connectivity index (χ0n) is 13.2. The highest BCUT2D eigenvalue weighted by Gasteiger charge is 2.12. The molecule has 6 nitrogen and oxygen atoms in total. The molecule has 1 amide bonds. The lowest BCUT2D eigenvalue weighted by Gasteiger charge is -2.07. The van der Waals surface area contributed by atoms with E-state index in [0.29, 0.717) is 28.5 Å². The lowest BCUT2D eigenvalue weighted by Crippen LogP contribution is -2.13. The van der Waals surface area contributed by atoms with Crippen LogP contribution in [0.2, 0.25) is 0 Å². The van der Waals surface area contributed by atoms with E-state index in [1.807, 2.05) is 0 Å². The van der Waals surface area contributed by atoms with Gasteiger partial charge in [-0.3, -0.25) is 4.79 Å². The lowest BCUT2D eigenvalue weighted by molar-refractivity contribution is 0.102. The molecule has 2 aromatic heterocycles. The van der Waals surface area contributed by atoms with Gasteiger partial charge in [0, 0.05) is 17.8 Å². The Hall–Kier alpha value is -3.68. The number of carbonyl (C=O) groups excluding carboxylic acids is 1. The van der Waals surface area contributed by atoms with Gasteiger partial charge in [0.15, 0.2) is 5.65 Å². The van der Waals surface area contributed by atoms with Crippen LogP contribution in [0, 0.1) is 11.6 Å². The molecule has 0 fully saturated rings. The monoisotopic (exact) mass is 351 g/mol. The fourth-order valence-electron chi connectivity index (χ4n) is 2.48. The van der Waals surface area contributed by atoms with E-state index in [9.17, 15) is 13.6 Å². The van der Waals surface area contributed by atoms with Crippen LogP contribution in [0.3, 0.4) is 0 Å². The minimum Gasteiger partial charge on any atom is -0.319 e. The molecule has 0 bridgehead atoms. The van der Waals surface area contributed by atoms with E-state index < -0.39 is 17.5 Å². The topological polar surface area (TPSA) is 72.7 Å². The maximum Gasteiger partial charge on any atom is 0.255 e. The number of carbonyl (C=O) groups is 1. The fraction of sp³-hybridized carbons (Fsp3) is 0. The Morgan fingerprint density at radius 1 is 1.04 bits per heavy atom. The van der Waals surface area contributed by atoms with Crippen molar-refractivity contribution in [2.45, 2.75) is 0 Å². The molecule has 0 aliphatic carbocycles. The first-order chi connectivity index (χ1) is 12.6. The highest BCUT2D eigenvalue weighted by Crippen LogP contribution is 2.18. The number of hydrogen-bond donors (Lipinski definition) is 1. The number of aromatic nitrogens is 4. The molecule has 0 aliphatic rings. The Morgan fingerprint density at radius 2 is 1.85 bits per heavy atom. The molecule has 0 saturated carbocycles. The van der Waals surface area contributed by atoms with Gasteiger partial charge >= 0.3 is 0 Å². The second kappa shape index (κ2) is 6.32. The molecule has 0 spiro atoms. The van der Waals surface area contributed by atoms with Crippen molar-refractivity contribution in [2.75, 3.05) is 5.32 Å².